The lowest BCUT2D eigenvalue weighted by Crippen LogP contribution is -2.49. The van der Waals surface area contributed by atoms with Gasteiger partial charge >= 0.3 is 6.09 Å². The zero-order chi connectivity index (χ0) is 28.2. The van der Waals surface area contributed by atoms with Gasteiger partial charge in [0.15, 0.2) is 0 Å². The highest BCUT2D eigenvalue weighted by Crippen LogP contribution is 2.48. The van der Waals surface area contributed by atoms with Crippen molar-refractivity contribution in [3.8, 4) is 11.1 Å². The van der Waals surface area contributed by atoms with Gasteiger partial charge in [-0.25, -0.2) is 9.78 Å². The number of fused-ring (bicyclic) bond motifs is 2. The second-order valence-electron chi connectivity index (χ2n) is 12.4. The van der Waals surface area contributed by atoms with Gasteiger partial charge in [0.25, 0.3) is 0 Å². The molecule has 6 rings (SSSR count). The van der Waals surface area contributed by atoms with Crippen molar-refractivity contribution >= 4 is 23.0 Å². The summed E-state index contributed by atoms with van der Waals surface area (Å²) in [5, 5.41) is 11.2. The van der Waals surface area contributed by atoms with Gasteiger partial charge in [-0.15, -0.1) is 0 Å². The molecule has 0 radical (unpaired) electrons. The molecule has 3 aliphatic heterocycles. The number of amides is 2. The number of benzene rings is 1. The molecule has 0 spiro atoms. The molecule has 0 saturated carbocycles. The summed E-state index contributed by atoms with van der Waals surface area (Å²) in [6, 6.07) is 5.80. The first-order valence-corrected chi connectivity index (χ1v) is 14.2. The molecule has 3 unspecified atom stereocenters. The third kappa shape index (κ3) is 4.65. The van der Waals surface area contributed by atoms with E-state index in [9.17, 15) is 14.7 Å². The summed E-state index contributed by atoms with van der Waals surface area (Å²) in [4.78, 5) is 37.7. The summed E-state index contributed by atoms with van der Waals surface area (Å²) in [6.07, 6.45) is 4.30. The molecule has 3 aliphatic rings. The van der Waals surface area contributed by atoms with Crippen molar-refractivity contribution in [3.63, 3.8) is 0 Å². The number of pyridine rings is 1. The van der Waals surface area contributed by atoms with Gasteiger partial charge in [0.05, 0.1) is 37.8 Å². The Bertz CT molecular complexity index is 1450. The van der Waals surface area contributed by atoms with Crippen molar-refractivity contribution in [2.75, 3.05) is 39.5 Å². The molecule has 2 amide bonds. The lowest BCUT2D eigenvalue weighted by molar-refractivity contribution is -0.141. The van der Waals surface area contributed by atoms with Crippen LogP contribution in [0.5, 0.6) is 0 Å². The van der Waals surface area contributed by atoms with E-state index in [0.29, 0.717) is 39.3 Å². The number of rotatable bonds is 3. The van der Waals surface area contributed by atoms with Crippen molar-refractivity contribution in [2.45, 2.75) is 52.6 Å². The van der Waals surface area contributed by atoms with Gasteiger partial charge in [0, 0.05) is 43.0 Å². The number of H-pyrrole nitrogens is 1. The summed E-state index contributed by atoms with van der Waals surface area (Å²) >= 11 is 0. The summed E-state index contributed by atoms with van der Waals surface area (Å²) in [5.41, 5.74) is 6.79. The fourth-order valence-electron chi connectivity index (χ4n) is 6.73. The van der Waals surface area contributed by atoms with Crippen LogP contribution in [0.15, 0.2) is 30.6 Å². The standard InChI is InChI=1S/C31H38N4O5/c1-18-14-32-28-23(18)13-22(15-33-28)21-11-19-5-7-35(29(36)20-6-9-39-16-20)27(31(2,3)4)26(19)24(12-21)25-17-40-10-8-34(25)30(37)38/h11-15,20,25,27H,5-10,16-17H2,1-4H3,(H,32,33)(H,37,38). The van der Waals surface area contributed by atoms with Gasteiger partial charge < -0.3 is 24.5 Å². The maximum absolute atomic E-state index is 13.9. The van der Waals surface area contributed by atoms with E-state index in [0.717, 1.165) is 50.8 Å². The van der Waals surface area contributed by atoms with Gasteiger partial charge in [0.2, 0.25) is 5.91 Å². The third-order valence-corrected chi connectivity index (χ3v) is 8.69. The maximum Gasteiger partial charge on any atom is 0.407 e. The van der Waals surface area contributed by atoms with Crippen LogP contribution in [0.2, 0.25) is 0 Å². The first kappa shape index (κ1) is 26.8. The molecule has 3 aromatic rings. The Kier molecular flexibility index (Phi) is 6.82. The van der Waals surface area contributed by atoms with E-state index in [1.165, 1.54) is 4.90 Å². The van der Waals surface area contributed by atoms with Crippen molar-refractivity contribution < 1.29 is 24.2 Å². The summed E-state index contributed by atoms with van der Waals surface area (Å²) in [5.74, 6) is -0.00396. The van der Waals surface area contributed by atoms with E-state index in [2.05, 4.69) is 55.9 Å². The van der Waals surface area contributed by atoms with Gasteiger partial charge in [-0.05, 0) is 65.1 Å². The zero-order valence-electron chi connectivity index (χ0n) is 23.7. The van der Waals surface area contributed by atoms with E-state index in [1.54, 1.807) is 0 Å². The Labute approximate surface area is 234 Å². The van der Waals surface area contributed by atoms with Crippen LogP contribution in [-0.2, 0) is 20.7 Å². The predicted octanol–water partition coefficient (Wildman–Crippen LogP) is 5.10. The molecule has 5 heterocycles. The molecule has 2 N–H and O–H groups in total. The number of ether oxygens (including phenoxy) is 2. The van der Waals surface area contributed by atoms with Crippen LogP contribution in [0.3, 0.4) is 0 Å². The number of carbonyl (C=O) groups is 2. The molecule has 40 heavy (non-hydrogen) atoms. The first-order chi connectivity index (χ1) is 19.1. The topological polar surface area (TPSA) is 108 Å². The number of nitrogens with zero attached hydrogens (tertiary/aromatic N) is 3. The number of carboxylic acid groups (broad SMARTS) is 1. The smallest absolute Gasteiger partial charge is 0.407 e. The number of hydrogen-bond donors (Lipinski definition) is 2. The molecule has 3 atom stereocenters. The van der Waals surface area contributed by atoms with Crippen LogP contribution in [-0.4, -0.2) is 76.4 Å². The minimum atomic E-state index is -0.961. The van der Waals surface area contributed by atoms with Crippen LogP contribution in [0.25, 0.3) is 22.2 Å². The van der Waals surface area contributed by atoms with Gasteiger partial charge in [-0.3, -0.25) is 9.69 Å². The lowest BCUT2D eigenvalue weighted by atomic mass is 9.73. The molecule has 2 saturated heterocycles. The van der Waals surface area contributed by atoms with Crippen molar-refractivity contribution in [3.05, 3.63) is 52.8 Å². The highest BCUT2D eigenvalue weighted by atomic mass is 16.5. The van der Waals surface area contributed by atoms with E-state index in [1.807, 2.05) is 17.3 Å². The largest absolute Gasteiger partial charge is 0.465 e. The average molecular weight is 547 g/mol. The van der Waals surface area contributed by atoms with Crippen LogP contribution < -0.4 is 0 Å². The minimum Gasteiger partial charge on any atom is -0.465 e. The monoisotopic (exact) mass is 546 g/mol. The predicted molar refractivity (Wildman–Crippen MR) is 151 cm³/mol. The lowest BCUT2D eigenvalue weighted by Gasteiger charge is -2.47. The fraction of sp³-hybridized carbons (Fsp3) is 0.516. The number of nitrogens with one attached hydrogen (secondary N) is 1. The molecule has 212 valence electrons. The maximum atomic E-state index is 13.9. The first-order valence-electron chi connectivity index (χ1n) is 14.2. The minimum absolute atomic E-state index is 0.130. The summed E-state index contributed by atoms with van der Waals surface area (Å²) < 4.78 is 11.4. The molecule has 1 aromatic carbocycles. The number of morpholine rings is 1. The van der Waals surface area contributed by atoms with Crippen molar-refractivity contribution in [2.24, 2.45) is 11.3 Å². The number of hydrogen-bond acceptors (Lipinski definition) is 5. The summed E-state index contributed by atoms with van der Waals surface area (Å²) in [6.45, 7) is 11.2. The van der Waals surface area contributed by atoms with Gasteiger partial charge in [0.1, 0.15) is 5.65 Å². The van der Waals surface area contributed by atoms with E-state index >= 15 is 0 Å². The molecule has 2 fully saturated rings. The highest BCUT2D eigenvalue weighted by Gasteiger charge is 2.44. The number of carbonyl (C=O) groups excluding carboxylic acids is 1. The van der Waals surface area contributed by atoms with E-state index in [-0.39, 0.29) is 29.9 Å². The Morgan fingerprint density at radius 2 is 1.85 bits per heavy atom. The Hall–Kier alpha value is -3.43. The molecular weight excluding hydrogens is 508 g/mol. The SMILES string of the molecule is Cc1c[nH]c2ncc(-c3cc4c(c(C5COCCN5C(=O)O)c3)C(C(C)(C)C)N(C(=O)C3CCOC3)CC4)cc12. The van der Waals surface area contributed by atoms with Crippen LogP contribution in [0.4, 0.5) is 4.79 Å². The fourth-order valence-corrected chi connectivity index (χ4v) is 6.73. The zero-order valence-corrected chi connectivity index (χ0v) is 23.7. The van der Waals surface area contributed by atoms with Crippen LogP contribution in [0.1, 0.15) is 61.5 Å². The number of aromatic nitrogens is 2. The highest BCUT2D eigenvalue weighted by molar-refractivity contribution is 5.85. The van der Waals surface area contributed by atoms with Crippen LogP contribution in [0, 0.1) is 18.3 Å². The van der Waals surface area contributed by atoms with E-state index in [4.69, 9.17) is 9.47 Å². The normalized spacial score (nSPS) is 23.4. The Morgan fingerprint density at radius 3 is 2.58 bits per heavy atom. The molecule has 9 heteroatoms. The van der Waals surface area contributed by atoms with Gasteiger partial charge in [-0.2, -0.15) is 0 Å². The molecular formula is C31H38N4O5. The quantitative estimate of drug-likeness (QED) is 0.473. The third-order valence-electron chi connectivity index (χ3n) is 8.69. The molecule has 0 bridgehead atoms. The second-order valence-corrected chi connectivity index (χ2v) is 12.4. The van der Waals surface area contributed by atoms with Crippen LogP contribution >= 0.6 is 0 Å². The van der Waals surface area contributed by atoms with E-state index < -0.39 is 12.1 Å². The molecule has 2 aromatic heterocycles. The number of aryl methyl sites for hydroxylation is 1. The van der Waals surface area contributed by atoms with Crippen molar-refractivity contribution in [1.29, 1.82) is 0 Å². The van der Waals surface area contributed by atoms with Gasteiger partial charge in [-0.1, -0.05) is 26.8 Å². The Balaban J connectivity index is 1.54. The average Bonchev–Trinajstić information content (AvgIpc) is 3.61. The van der Waals surface area contributed by atoms with Crippen molar-refractivity contribution in [1.82, 2.24) is 19.8 Å². The Morgan fingerprint density at radius 1 is 1.05 bits per heavy atom. The molecule has 9 nitrogen and oxygen atoms in total. The summed E-state index contributed by atoms with van der Waals surface area (Å²) in [7, 11) is 0. The number of aromatic amines is 1. The molecule has 0 aliphatic carbocycles. The second kappa shape index (κ2) is 10.2.